The SMILES string of the molecule is Brc1cnc(CNC2CCC(CCCCN3CCCCC3)CC2)nc1. The van der Waals surface area contributed by atoms with Crippen LogP contribution in [0.15, 0.2) is 16.9 Å². The second-order valence-electron chi connectivity index (χ2n) is 7.81. The quantitative estimate of drug-likeness (QED) is 0.640. The number of halogens is 1. The van der Waals surface area contributed by atoms with Crippen molar-refractivity contribution in [2.75, 3.05) is 19.6 Å². The molecule has 1 saturated carbocycles. The van der Waals surface area contributed by atoms with E-state index in [2.05, 4.69) is 36.1 Å². The Morgan fingerprint density at radius 2 is 1.72 bits per heavy atom. The van der Waals surface area contributed by atoms with E-state index < -0.39 is 0 Å². The molecule has 2 heterocycles. The Morgan fingerprint density at radius 1 is 1.00 bits per heavy atom. The Hall–Kier alpha value is -0.520. The fourth-order valence-electron chi connectivity index (χ4n) is 4.27. The molecule has 1 saturated heterocycles. The monoisotopic (exact) mass is 408 g/mol. The largest absolute Gasteiger partial charge is 0.307 e. The summed E-state index contributed by atoms with van der Waals surface area (Å²) in [5.74, 6) is 1.85. The van der Waals surface area contributed by atoms with Gasteiger partial charge in [-0.3, -0.25) is 0 Å². The van der Waals surface area contributed by atoms with Crippen LogP contribution >= 0.6 is 15.9 Å². The maximum atomic E-state index is 4.34. The van der Waals surface area contributed by atoms with Crippen LogP contribution in [0.25, 0.3) is 0 Å². The molecule has 3 rings (SSSR count). The van der Waals surface area contributed by atoms with E-state index in [1.54, 1.807) is 0 Å². The normalized spacial score (nSPS) is 25.2. The van der Waals surface area contributed by atoms with Crippen LogP contribution in [-0.2, 0) is 6.54 Å². The summed E-state index contributed by atoms with van der Waals surface area (Å²) < 4.78 is 0.942. The third-order valence-electron chi connectivity index (χ3n) is 5.85. The first-order chi connectivity index (χ1) is 12.3. The molecule has 0 radical (unpaired) electrons. The van der Waals surface area contributed by atoms with Gasteiger partial charge in [0.05, 0.1) is 11.0 Å². The first-order valence-corrected chi connectivity index (χ1v) is 11.0. The van der Waals surface area contributed by atoms with Gasteiger partial charge in [0.15, 0.2) is 0 Å². The average molecular weight is 409 g/mol. The first-order valence-electron chi connectivity index (χ1n) is 10.2. The molecule has 1 N–H and O–H groups in total. The van der Waals surface area contributed by atoms with Crippen molar-refractivity contribution in [2.24, 2.45) is 5.92 Å². The van der Waals surface area contributed by atoms with E-state index in [4.69, 9.17) is 0 Å². The van der Waals surface area contributed by atoms with Gasteiger partial charge in [0.2, 0.25) is 0 Å². The predicted octanol–water partition coefficient (Wildman–Crippen LogP) is 4.54. The van der Waals surface area contributed by atoms with E-state index in [0.29, 0.717) is 6.04 Å². The van der Waals surface area contributed by atoms with E-state index in [0.717, 1.165) is 22.8 Å². The summed E-state index contributed by atoms with van der Waals surface area (Å²) in [6, 6.07) is 0.650. The lowest BCUT2D eigenvalue weighted by Crippen LogP contribution is -2.33. The molecule has 4 nitrogen and oxygen atoms in total. The Labute approximate surface area is 161 Å². The lowest BCUT2D eigenvalue weighted by atomic mass is 9.83. The molecule has 140 valence electrons. The van der Waals surface area contributed by atoms with Gasteiger partial charge in [-0.1, -0.05) is 19.3 Å². The summed E-state index contributed by atoms with van der Waals surface area (Å²) in [4.78, 5) is 11.4. The minimum Gasteiger partial charge on any atom is -0.307 e. The molecule has 1 aromatic heterocycles. The number of aromatic nitrogens is 2. The molecule has 1 aliphatic carbocycles. The molecule has 25 heavy (non-hydrogen) atoms. The summed E-state index contributed by atoms with van der Waals surface area (Å²) in [6.07, 6.45) is 17.6. The molecule has 2 fully saturated rings. The number of likely N-dealkylation sites (tertiary alicyclic amines) is 1. The molecular formula is C20H33BrN4. The number of hydrogen-bond acceptors (Lipinski definition) is 4. The van der Waals surface area contributed by atoms with Crippen LogP contribution in [-0.4, -0.2) is 40.5 Å². The molecule has 0 aromatic carbocycles. The molecular weight excluding hydrogens is 376 g/mol. The van der Waals surface area contributed by atoms with Gasteiger partial charge in [-0.25, -0.2) is 9.97 Å². The van der Waals surface area contributed by atoms with Gasteiger partial charge in [0, 0.05) is 18.4 Å². The number of rotatable bonds is 8. The van der Waals surface area contributed by atoms with Crippen molar-refractivity contribution in [3.63, 3.8) is 0 Å². The molecule has 0 atom stereocenters. The zero-order valence-corrected chi connectivity index (χ0v) is 17.0. The van der Waals surface area contributed by atoms with Crippen LogP contribution in [0.1, 0.15) is 70.0 Å². The Bertz CT molecular complexity index is 479. The lowest BCUT2D eigenvalue weighted by molar-refractivity contribution is 0.218. The van der Waals surface area contributed by atoms with Crippen LogP contribution < -0.4 is 5.32 Å². The summed E-state index contributed by atoms with van der Waals surface area (Å²) in [7, 11) is 0. The summed E-state index contributed by atoms with van der Waals surface area (Å²) in [5, 5.41) is 3.64. The predicted molar refractivity (Wildman–Crippen MR) is 106 cm³/mol. The Morgan fingerprint density at radius 3 is 2.44 bits per heavy atom. The van der Waals surface area contributed by atoms with E-state index in [1.807, 2.05) is 12.4 Å². The minimum absolute atomic E-state index is 0.650. The second kappa shape index (κ2) is 10.6. The molecule has 5 heteroatoms. The highest BCUT2D eigenvalue weighted by Crippen LogP contribution is 2.28. The zero-order valence-electron chi connectivity index (χ0n) is 15.4. The number of piperidine rings is 1. The molecule has 0 bridgehead atoms. The van der Waals surface area contributed by atoms with E-state index in [9.17, 15) is 0 Å². The fraction of sp³-hybridized carbons (Fsp3) is 0.800. The van der Waals surface area contributed by atoms with Gasteiger partial charge < -0.3 is 10.2 Å². The molecule has 0 unspecified atom stereocenters. The minimum atomic E-state index is 0.650. The summed E-state index contributed by atoms with van der Waals surface area (Å²) >= 11 is 3.38. The smallest absolute Gasteiger partial charge is 0.142 e. The number of hydrogen-bond donors (Lipinski definition) is 1. The number of nitrogens with zero attached hydrogens (tertiary/aromatic N) is 3. The van der Waals surface area contributed by atoms with Crippen molar-refractivity contribution in [2.45, 2.75) is 76.8 Å². The van der Waals surface area contributed by atoms with Crippen LogP contribution in [0.4, 0.5) is 0 Å². The van der Waals surface area contributed by atoms with Crippen molar-refractivity contribution in [3.05, 3.63) is 22.7 Å². The van der Waals surface area contributed by atoms with Gasteiger partial charge in [-0.2, -0.15) is 0 Å². The lowest BCUT2D eigenvalue weighted by Gasteiger charge is -2.30. The first kappa shape index (κ1) is 19.2. The summed E-state index contributed by atoms with van der Waals surface area (Å²) in [5.41, 5.74) is 0. The van der Waals surface area contributed by atoms with Crippen molar-refractivity contribution in [3.8, 4) is 0 Å². The van der Waals surface area contributed by atoms with E-state index >= 15 is 0 Å². The third-order valence-corrected chi connectivity index (χ3v) is 6.26. The van der Waals surface area contributed by atoms with Gasteiger partial charge >= 0.3 is 0 Å². The van der Waals surface area contributed by atoms with Crippen molar-refractivity contribution in [1.82, 2.24) is 20.2 Å². The maximum absolute atomic E-state index is 4.34. The number of unbranched alkanes of at least 4 members (excludes halogenated alkanes) is 1. The average Bonchev–Trinajstić information content (AvgIpc) is 2.67. The molecule has 0 spiro atoms. The highest BCUT2D eigenvalue weighted by atomic mass is 79.9. The Kier molecular flexibility index (Phi) is 8.15. The van der Waals surface area contributed by atoms with E-state index in [1.165, 1.54) is 83.8 Å². The second-order valence-corrected chi connectivity index (χ2v) is 8.73. The van der Waals surface area contributed by atoms with Crippen LogP contribution in [0.2, 0.25) is 0 Å². The van der Waals surface area contributed by atoms with Gasteiger partial charge in [-0.15, -0.1) is 0 Å². The van der Waals surface area contributed by atoms with Crippen LogP contribution in [0.3, 0.4) is 0 Å². The fourth-order valence-corrected chi connectivity index (χ4v) is 4.48. The third kappa shape index (κ3) is 6.95. The van der Waals surface area contributed by atoms with E-state index in [-0.39, 0.29) is 0 Å². The highest BCUT2D eigenvalue weighted by molar-refractivity contribution is 9.10. The molecule has 1 aliphatic heterocycles. The van der Waals surface area contributed by atoms with Gasteiger partial charge in [0.25, 0.3) is 0 Å². The summed E-state index contributed by atoms with van der Waals surface area (Å²) in [6.45, 7) is 4.82. The van der Waals surface area contributed by atoms with Crippen molar-refractivity contribution in [1.29, 1.82) is 0 Å². The Balaban J connectivity index is 1.24. The van der Waals surface area contributed by atoms with Crippen molar-refractivity contribution >= 4 is 15.9 Å². The molecule has 0 amide bonds. The van der Waals surface area contributed by atoms with Gasteiger partial charge in [0.1, 0.15) is 5.82 Å². The number of nitrogens with one attached hydrogen (secondary N) is 1. The molecule has 2 aliphatic rings. The zero-order chi connectivity index (χ0) is 17.3. The highest BCUT2D eigenvalue weighted by Gasteiger charge is 2.20. The van der Waals surface area contributed by atoms with Crippen molar-refractivity contribution < 1.29 is 0 Å². The molecule has 1 aromatic rings. The standard InChI is InChI=1S/C20H33BrN4/c21-18-14-23-20(24-15-18)16-22-19-9-7-17(8-10-19)6-2-5-13-25-11-3-1-4-12-25/h14-15,17,19,22H,1-13,16H2. The van der Waals surface area contributed by atoms with Gasteiger partial charge in [-0.05, 0) is 86.4 Å². The topological polar surface area (TPSA) is 41.1 Å². The maximum Gasteiger partial charge on any atom is 0.142 e. The van der Waals surface area contributed by atoms with Crippen LogP contribution in [0.5, 0.6) is 0 Å². The van der Waals surface area contributed by atoms with Crippen LogP contribution in [0, 0.1) is 5.92 Å².